The second kappa shape index (κ2) is 5.28. The first-order valence-electron chi connectivity index (χ1n) is 6.01. The molecule has 18 heavy (non-hydrogen) atoms. The van der Waals surface area contributed by atoms with Crippen molar-refractivity contribution in [1.82, 2.24) is 4.90 Å². The number of hydrogen-bond acceptors (Lipinski definition) is 5. The molecule has 0 spiro atoms. The van der Waals surface area contributed by atoms with E-state index in [1.54, 1.807) is 18.4 Å². The average Bonchev–Trinajstić information content (AvgIpc) is 2.96. The Hall–Kier alpha value is -1.07. The summed E-state index contributed by atoms with van der Waals surface area (Å²) in [5.74, 6) is -0.103. The van der Waals surface area contributed by atoms with E-state index in [1.165, 1.54) is 12.0 Å². The zero-order valence-corrected chi connectivity index (χ0v) is 11.9. The third-order valence-corrected chi connectivity index (χ3v) is 4.48. The Bertz CT molecular complexity index is 432. The predicted octanol–water partition coefficient (Wildman–Crippen LogP) is 2.14. The maximum Gasteiger partial charge on any atom is 0.312 e. The van der Waals surface area contributed by atoms with E-state index in [0.29, 0.717) is 0 Å². The molecule has 100 valence electrons. The lowest BCUT2D eigenvalue weighted by atomic mass is 9.90. The highest BCUT2D eigenvalue weighted by Crippen LogP contribution is 2.33. The van der Waals surface area contributed by atoms with Crippen molar-refractivity contribution in [2.24, 2.45) is 5.41 Å². The molecule has 0 aromatic carbocycles. The lowest BCUT2D eigenvalue weighted by Gasteiger charge is -2.21. The molecule has 2 heterocycles. The molecule has 0 saturated carbocycles. The van der Waals surface area contributed by atoms with Crippen LogP contribution in [-0.2, 0) is 16.1 Å². The number of likely N-dealkylation sites (tertiary alicyclic amines) is 1. The molecule has 0 unspecified atom stereocenters. The number of esters is 1. The van der Waals surface area contributed by atoms with Gasteiger partial charge in [0.1, 0.15) is 0 Å². The summed E-state index contributed by atoms with van der Waals surface area (Å²) in [4.78, 5) is 15.3. The number of carbonyl (C=O) groups excluding carboxylic acids is 1. The minimum atomic E-state index is -0.351. The van der Waals surface area contributed by atoms with Gasteiger partial charge >= 0.3 is 5.97 Å². The molecule has 1 aromatic rings. The molecule has 1 atom stereocenters. The van der Waals surface area contributed by atoms with Crippen molar-refractivity contribution >= 4 is 17.3 Å². The summed E-state index contributed by atoms with van der Waals surface area (Å²) >= 11 is 1.65. The van der Waals surface area contributed by atoms with Crippen LogP contribution in [0.1, 0.15) is 18.2 Å². The molecule has 5 heteroatoms. The summed E-state index contributed by atoms with van der Waals surface area (Å²) in [6, 6.07) is 4.06. The fourth-order valence-electron chi connectivity index (χ4n) is 2.38. The highest BCUT2D eigenvalue weighted by Gasteiger charge is 2.41. The average molecular weight is 269 g/mol. The smallest absolute Gasteiger partial charge is 0.312 e. The summed E-state index contributed by atoms with van der Waals surface area (Å²) in [6.07, 6.45) is 0.863. The van der Waals surface area contributed by atoms with E-state index in [4.69, 9.17) is 9.47 Å². The van der Waals surface area contributed by atoms with E-state index >= 15 is 0 Å². The Balaban J connectivity index is 1.95. The van der Waals surface area contributed by atoms with Gasteiger partial charge in [-0.15, -0.1) is 11.3 Å². The number of methoxy groups -OCH3 is 2. The molecule has 1 aliphatic rings. The summed E-state index contributed by atoms with van der Waals surface area (Å²) in [5, 5.41) is 0.930. The summed E-state index contributed by atoms with van der Waals surface area (Å²) in [6.45, 7) is 4.56. The molecule has 1 aliphatic heterocycles. The second-order valence-electron chi connectivity index (χ2n) is 4.94. The first-order valence-corrected chi connectivity index (χ1v) is 6.82. The van der Waals surface area contributed by atoms with Crippen molar-refractivity contribution in [2.45, 2.75) is 19.9 Å². The highest BCUT2D eigenvalue weighted by molar-refractivity contribution is 7.13. The van der Waals surface area contributed by atoms with Gasteiger partial charge in [-0.1, -0.05) is 0 Å². The first kappa shape index (κ1) is 13.4. The Labute approximate surface area is 111 Å². The van der Waals surface area contributed by atoms with Gasteiger partial charge in [0.2, 0.25) is 0 Å². The fraction of sp³-hybridized carbons (Fsp3) is 0.615. The highest BCUT2D eigenvalue weighted by atomic mass is 32.1. The van der Waals surface area contributed by atoms with Crippen LogP contribution in [0.2, 0.25) is 0 Å². The zero-order valence-electron chi connectivity index (χ0n) is 11.1. The third-order valence-electron chi connectivity index (χ3n) is 3.45. The second-order valence-corrected chi connectivity index (χ2v) is 6.07. The van der Waals surface area contributed by atoms with E-state index in [9.17, 15) is 4.79 Å². The minimum Gasteiger partial charge on any atom is -0.487 e. The summed E-state index contributed by atoms with van der Waals surface area (Å²) < 4.78 is 10.1. The summed E-state index contributed by atoms with van der Waals surface area (Å²) in [7, 11) is 3.14. The van der Waals surface area contributed by atoms with Gasteiger partial charge in [-0.2, -0.15) is 0 Å². The molecular weight excluding hydrogens is 250 g/mol. The Morgan fingerprint density at radius 3 is 2.89 bits per heavy atom. The lowest BCUT2D eigenvalue weighted by Crippen LogP contribution is -2.32. The maximum absolute atomic E-state index is 11.7. The molecule has 1 saturated heterocycles. The number of thiophene rings is 1. The fourth-order valence-corrected chi connectivity index (χ4v) is 3.24. The Morgan fingerprint density at radius 2 is 2.28 bits per heavy atom. The van der Waals surface area contributed by atoms with Crippen LogP contribution in [0.25, 0.3) is 0 Å². The van der Waals surface area contributed by atoms with Crippen LogP contribution >= 0.6 is 11.3 Å². The van der Waals surface area contributed by atoms with Crippen LogP contribution in [-0.4, -0.2) is 38.2 Å². The van der Waals surface area contributed by atoms with Gasteiger partial charge in [0.25, 0.3) is 0 Å². The van der Waals surface area contributed by atoms with Crippen molar-refractivity contribution in [3.63, 3.8) is 0 Å². The molecule has 0 bridgehead atoms. The van der Waals surface area contributed by atoms with Crippen molar-refractivity contribution in [2.75, 3.05) is 27.3 Å². The van der Waals surface area contributed by atoms with Crippen molar-refractivity contribution in [3.8, 4) is 5.06 Å². The monoisotopic (exact) mass is 269 g/mol. The molecule has 2 rings (SSSR count). The molecule has 0 amide bonds. The first-order chi connectivity index (χ1) is 8.57. The van der Waals surface area contributed by atoms with Gasteiger partial charge < -0.3 is 9.47 Å². The zero-order chi connectivity index (χ0) is 13.2. The van der Waals surface area contributed by atoms with Crippen molar-refractivity contribution in [1.29, 1.82) is 0 Å². The lowest BCUT2D eigenvalue weighted by molar-refractivity contribution is -0.151. The number of nitrogens with zero attached hydrogens (tertiary/aromatic N) is 1. The quantitative estimate of drug-likeness (QED) is 0.785. The van der Waals surface area contributed by atoms with Gasteiger partial charge in [0.15, 0.2) is 5.06 Å². The molecule has 4 nitrogen and oxygen atoms in total. The van der Waals surface area contributed by atoms with E-state index in [0.717, 1.165) is 31.1 Å². The van der Waals surface area contributed by atoms with Crippen LogP contribution < -0.4 is 4.74 Å². The SMILES string of the molecule is COC(=O)[C@@]1(C)CCN(Cc2ccc(OC)s2)C1. The molecular formula is C13H19NO3S. The summed E-state index contributed by atoms with van der Waals surface area (Å²) in [5.41, 5.74) is -0.351. The standard InChI is InChI=1S/C13H19NO3S/c1-13(12(15)17-3)6-7-14(9-13)8-10-4-5-11(16-2)18-10/h4-5H,6-9H2,1-3H3/t13-/m0/s1. The van der Waals surface area contributed by atoms with Crippen LogP contribution in [0.15, 0.2) is 12.1 Å². The molecule has 0 aliphatic carbocycles. The van der Waals surface area contributed by atoms with Gasteiger partial charge in [-0.05, 0) is 32.0 Å². The normalized spacial score (nSPS) is 24.2. The van der Waals surface area contributed by atoms with E-state index in [1.807, 2.05) is 13.0 Å². The molecule has 1 fully saturated rings. The van der Waals surface area contributed by atoms with E-state index in [2.05, 4.69) is 11.0 Å². The molecule has 0 N–H and O–H groups in total. The molecule has 1 aromatic heterocycles. The maximum atomic E-state index is 11.7. The van der Waals surface area contributed by atoms with Crippen LogP contribution in [0.4, 0.5) is 0 Å². The molecule has 0 radical (unpaired) electrons. The van der Waals surface area contributed by atoms with Crippen molar-refractivity contribution in [3.05, 3.63) is 17.0 Å². The van der Waals surface area contributed by atoms with Gasteiger partial charge in [0, 0.05) is 18.0 Å². The van der Waals surface area contributed by atoms with Crippen LogP contribution in [0, 0.1) is 5.41 Å². The van der Waals surface area contributed by atoms with Gasteiger partial charge in [-0.25, -0.2) is 0 Å². The van der Waals surface area contributed by atoms with E-state index < -0.39 is 0 Å². The Morgan fingerprint density at radius 1 is 1.50 bits per heavy atom. The van der Waals surface area contributed by atoms with Crippen LogP contribution in [0.5, 0.6) is 5.06 Å². The predicted molar refractivity (Wildman–Crippen MR) is 70.9 cm³/mol. The minimum absolute atomic E-state index is 0.103. The number of hydrogen-bond donors (Lipinski definition) is 0. The van der Waals surface area contributed by atoms with Gasteiger partial charge in [0.05, 0.1) is 19.6 Å². The van der Waals surface area contributed by atoms with Crippen molar-refractivity contribution < 1.29 is 14.3 Å². The Kier molecular flexibility index (Phi) is 3.92. The topological polar surface area (TPSA) is 38.8 Å². The third kappa shape index (κ3) is 2.67. The number of ether oxygens (including phenoxy) is 2. The van der Waals surface area contributed by atoms with Gasteiger partial charge in [-0.3, -0.25) is 9.69 Å². The van der Waals surface area contributed by atoms with E-state index in [-0.39, 0.29) is 11.4 Å². The number of rotatable bonds is 4. The number of carbonyl (C=O) groups is 1. The largest absolute Gasteiger partial charge is 0.487 e. The van der Waals surface area contributed by atoms with Crippen LogP contribution in [0.3, 0.4) is 0 Å².